The molecule has 0 bridgehead atoms. The topological polar surface area (TPSA) is 73.0 Å². The lowest BCUT2D eigenvalue weighted by molar-refractivity contribution is -0.121. The quantitative estimate of drug-likeness (QED) is 0.442. The Labute approximate surface area is 186 Å². The third-order valence-corrected chi connectivity index (χ3v) is 5.43. The summed E-state index contributed by atoms with van der Waals surface area (Å²) >= 11 is 0. The Hall–Kier alpha value is -3.74. The lowest BCUT2D eigenvalue weighted by Gasteiger charge is -2.07. The highest BCUT2D eigenvalue weighted by atomic mass is 19.1. The van der Waals surface area contributed by atoms with Gasteiger partial charge in [0.05, 0.1) is 24.0 Å². The highest BCUT2D eigenvalue weighted by Gasteiger charge is 2.14. The summed E-state index contributed by atoms with van der Waals surface area (Å²) in [6, 6.07) is 16.5. The predicted octanol–water partition coefficient (Wildman–Crippen LogP) is 4.59. The second-order valence-corrected chi connectivity index (χ2v) is 7.67. The number of aromatic nitrogens is 3. The summed E-state index contributed by atoms with van der Waals surface area (Å²) < 4.78 is 21.5. The Morgan fingerprint density at radius 2 is 1.84 bits per heavy atom. The van der Waals surface area contributed by atoms with Crippen molar-refractivity contribution in [3.05, 3.63) is 95.0 Å². The highest BCUT2D eigenvalue weighted by Crippen LogP contribution is 2.23. The van der Waals surface area contributed by atoms with Gasteiger partial charge < -0.3 is 9.73 Å². The number of rotatable bonds is 8. The predicted molar refractivity (Wildman–Crippen MR) is 119 cm³/mol. The van der Waals surface area contributed by atoms with Gasteiger partial charge in [0.2, 0.25) is 5.91 Å². The van der Waals surface area contributed by atoms with Crippen LogP contribution in [0.5, 0.6) is 0 Å². The summed E-state index contributed by atoms with van der Waals surface area (Å²) in [6.07, 6.45) is 2.05. The summed E-state index contributed by atoms with van der Waals surface area (Å²) in [5.41, 5.74) is 4.49. The van der Waals surface area contributed by atoms with E-state index in [1.807, 2.05) is 36.7 Å². The van der Waals surface area contributed by atoms with Crippen LogP contribution < -0.4 is 5.32 Å². The van der Waals surface area contributed by atoms with E-state index in [9.17, 15) is 9.18 Å². The zero-order chi connectivity index (χ0) is 22.5. The molecule has 0 spiro atoms. The Kier molecular flexibility index (Phi) is 6.44. The molecule has 0 radical (unpaired) electrons. The molecule has 164 valence electrons. The number of oxazole rings is 1. The van der Waals surface area contributed by atoms with Crippen molar-refractivity contribution < 1.29 is 13.6 Å². The number of carbonyl (C=O) groups is 1. The van der Waals surface area contributed by atoms with E-state index in [1.165, 1.54) is 17.8 Å². The summed E-state index contributed by atoms with van der Waals surface area (Å²) in [7, 11) is 0. The molecule has 0 saturated heterocycles. The molecule has 2 aromatic carbocycles. The average Bonchev–Trinajstić information content (AvgIpc) is 3.36. The number of halogens is 1. The molecular formula is C25H25FN4O2. The first-order valence-corrected chi connectivity index (χ1v) is 10.5. The largest absolute Gasteiger partial charge is 0.441 e. The van der Waals surface area contributed by atoms with Crippen molar-refractivity contribution in [3.8, 4) is 11.3 Å². The standard InChI is InChI=1S/C25H25FN4O2/c1-17-21(18(2)30(29-17)16-19-8-4-3-5-9-19)14-27-24(31)12-13-25-28-15-23(32-25)20-10-6-7-11-22(20)26/h3-11,15H,12-14,16H2,1-2H3,(H,27,31). The lowest BCUT2D eigenvalue weighted by atomic mass is 10.2. The zero-order valence-corrected chi connectivity index (χ0v) is 18.1. The van der Waals surface area contributed by atoms with Crippen LogP contribution in [0.15, 0.2) is 65.2 Å². The first-order chi connectivity index (χ1) is 15.5. The van der Waals surface area contributed by atoms with Gasteiger partial charge in [-0.1, -0.05) is 42.5 Å². The Balaban J connectivity index is 1.32. The number of nitrogens with zero attached hydrogens (tertiary/aromatic N) is 3. The Morgan fingerprint density at radius 1 is 1.09 bits per heavy atom. The van der Waals surface area contributed by atoms with Crippen molar-refractivity contribution in [1.29, 1.82) is 0 Å². The van der Waals surface area contributed by atoms with Crippen molar-refractivity contribution in [2.24, 2.45) is 0 Å². The van der Waals surface area contributed by atoms with Crippen LogP contribution in [-0.4, -0.2) is 20.7 Å². The Bertz CT molecular complexity index is 1210. The van der Waals surface area contributed by atoms with Crippen LogP contribution in [0.25, 0.3) is 11.3 Å². The van der Waals surface area contributed by atoms with Crippen LogP contribution in [0.4, 0.5) is 4.39 Å². The average molecular weight is 432 g/mol. The summed E-state index contributed by atoms with van der Waals surface area (Å²) in [5.74, 6) is 0.286. The Morgan fingerprint density at radius 3 is 2.62 bits per heavy atom. The minimum atomic E-state index is -0.369. The van der Waals surface area contributed by atoms with E-state index in [0.29, 0.717) is 36.7 Å². The van der Waals surface area contributed by atoms with E-state index < -0.39 is 0 Å². The van der Waals surface area contributed by atoms with Crippen LogP contribution >= 0.6 is 0 Å². The number of carbonyl (C=O) groups excluding carboxylic acids is 1. The first kappa shape index (κ1) is 21.5. The number of benzene rings is 2. The monoisotopic (exact) mass is 432 g/mol. The van der Waals surface area contributed by atoms with Gasteiger partial charge >= 0.3 is 0 Å². The molecule has 7 heteroatoms. The molecule has 1 N–H and O–H groups in total. The van der Waals surface area contributed by atoms with Crippen molar-refractivity contribution in [2.45, 2.75) is 39.8 Å². The number of aryl methyl sites for hydroxylation is 2. The van der Waals surface area contributed by atoms with E-state index in [-0.39, 0.29) is 18.1 Å². The van der Waals surface area contributed by atoms with Crippen LogP contribution in [0.2, 0.25) is 0 Å². The van der Waals surface area contributed by atoms with Gasteiger partial charge in [-0.2, -0.15) is 5.10 Å². The molecule has 32 heavy (non-hydrogen) atoms. The van der Waals surface area contributed by atoms with Gasteiger partial charge in [0.15, 0.2) is 11.7 Å². The van der Waals surface area contributed by atoms with Crippen molar-refractivity contribution in [2.75, 3.05) is 0 Å². The molecule has 0 saturated carbocycles. The van der Waals surface area contributed by atoms with Crippen molar-refractivity contribution in [1.82, 2.24) is 20.1 Å². The molecule has 0 unspecified atom stereocenters. The normalized spacial score (nSPS) is 11.0. The number of hydrogen-bond donors (Lipinski definition) is 1. The molecule has 0 aliphatic rings. The van der Waals surface area contributed by atoms with Gasteiger partial charge in [0.1, 0.15) is 5.82 Å². The van der Waals surface area contributed by atoms with Gasteiger partial charge in [0, 0.05) is 30.6 Å². The maximum atomic E-state index is 13.9. The molecule has 2 heterocycles. The van der Waals surface area contributed by atoms with E-state index in [4.69, 9.17) is 4.42 Å². The van der Waals surface area contributed by atoms with Gasteiger partial charge in [0.25, 0.3) is 0 Å². The first-order valence-electron chi connectivity index (χ1n) is 10.5. The fourth-order valence-corrected chi connectivity index (χ4v) is 3.61. The summed E-state index contributed by atoms with van der Waals surface area (Å²) in [6.45, 7) is 5.07. The van der Waals surface area contributed by atoms with E-state index in [1.54, 1.807) is 18.2 Å². The van der Waals surface area contributed by atoms with Gasteiger partial charge in [-0.25, -0.2) is 9.37 Å². The van der Waals surface area contributed by atoms with E-state index in [0.717, 1.165) is 17.0 Å². The molecular weight excluding hydrogens is 407 g/mol. The summed E-state index contributed by atoms with van der Waals surface area (Å²) in [5, 5.41) is 7.58. The molecule has 2 aromatic heterocycles. The highest BCUT2D eigenvalue weighted by molar-refractivity contribution is 5.76. The minimum absolute atomic E-state index is 0.106. The number of amides is 1. The van der Waals surface area contributed by atoms with Gasteiger partial charge in [-0.15, -0.1) is 0 Å². The maximum absolute atomic E-state index is 13.9. The van der Waals surface area contributed by atoms with E-state index >= 15 is 0 Å². The lowest BCUT2D eigenvalue weighted by Crippen LogP contribution is -2.23. The third-order valence-electron chi connectivity index (χ3n) is 5.43. The zero-order valence-electron chi connectivity index (χ0n) is 18.1. The fourth-order valence-electron chi connectivity index (χ4n) is 3.61. The smallest absolute Gasteiger partial charge is 0.220 e. The molecule has 0 aliphatic heterocycles. The second-order valence-electron chi connectivity index (χ2n) is 7.67. The molecule has 4 aromatic rings. The van der Waals surface area contributed by atoms with Crippen LogP contribution in [-0.2, 0) is 24.3 Å². The third kappa shape index (κ3) is 4.94. The van der Waals surface area contributed by atoms with Crippen LogP contribution in [0.1, 0.15) is 34.8 Å². The molecule has 4 rings (SSSR count). The number of nitrogens with one attached hydrogen (secondary N) is 1. The number of hydrogen-bond acceptors (Lipinski definition) is 4. The van der Waals surface area contributed by atoms with Gasteiger partial charge in [-0.3, -0.25) is 9.48 Å². The van der Waals surface area contributed by atoms with Crippen LogP contribution in [0, 0.1) is 19.7 Å². The van der Waals surface area contributed by atoms with Crippen LogP contribution in [0.3, 0.4) is 0 Å². The van der Waals surface area contributed by atoms with E-state index in [2.05, 4.69) is 27.5 Å². The minimum Gasteiger partial charge on any atom is -0.441 e. The van der Waals surface area contributed by atoms with Gasteiger partial charge in [-0.05, 0) is 31.5 Å². The second kappa shape index (κ2) is 9.60. The fraction of sp³-hybridized carbons (Fsp3) is 0.240. The SMILES string of the molecule is Cc1nn(Cc2ccccc2)c(C)c1CNC(=O)CCc1ncc(-c2ccccc2F)o1. The summed E-state index contributed by atoms with van der Waals surface area (Å²) in [4.78, 5) is 16.5. The molecule has 1 amide bonds. The molecule has 6 nitrogen and oxygen atoms in total. The van der Waals surface area contributed by atoms with Crippen molar-refractivity contribution in [3.63, 3.8) is 0 Å². The molecule has 0 fully saturated rings. The molecule has 0 aliphatic carbocycles. The molecule has 0 atom stereocenters. The van der Waals surface area contributed by atoms with Crippen molar-refractivity contribution >= 4 is 5.91 Å². The maximum Gasteiger partial charge on any atom is 0.220 e.